The summed E-state index contributed by atoms with van der Waals surface area (Å²) in [6, 6.07) is 0. The zero-order valence-corrected chi connectivity index (χ0v) is 8.74. The Morgan fingerprint density at radius 3 is 2.36 bits per heavy atom. The SMILES string of the molecule is FC(F)(F)c1n[nH]c(C2CCC2)c1Br. The fourth-order valence-electron chi connectivity index (χ4n) is 1.50. The van der Waals surface area contributed by atoms with E-state index in [2.05, 4.69) is 26.1 Å². The summed E-state index contributed by atoms with van der Waals surface area (Å²) < 4.78 is 37.1. The summed E-state index contributed by atoms with van der Waals surface area (Å²) in [6.07, 6.45) is -1.41. The van der Waals surface area contributed by atoms with E-state index in [1.807, 2.05) is 0 Å². The first kappa shape index (κ1) is 10.0. The molecule has 1 aromatic rings. The summed E-state index contributed by atoms with van der Waals surface area (Å²) in [4.78, 5) is 0. The lowest BCUT2D eigenvalue weighted by Gasteiger charge is -2.24. The van der Waals surface area contributed by atoms with Crippen molar-refractivity contribution in [1.82, 2.24) is 10.2 Å². The van der Waals surface area contributed by atoms with Crippen LogP contribution in [-0.2, 0) is 6.18 Å². The second kappa shape index (κ2) is 3.25. The van der Waals surface area contributed by atoms with Crippen molar-refractivity contribution < 1.29 is 13.2 Å². The molecule has 2 nitrogen and oxygen atoms in total. The van der Waals surface area contributed by atoms with Gasteiger partial charge in [0.15, 0.2) is 5.69 Å². The third kappa shape index (κ3) is 1.55. The summed E-state index contributed by atoms with van der Waals surface area (Å²) in [5.41, 5.74) is -0.261. The van der Waals surface area contributed by atoms with Gasteiger partial charge in [0.1, 0.15) is 0 Å². The molecule has 2 rings (SSSR count). The molecule has 1 N–H and O–H groups in total. The minimum Gasteiger partial charge on any atom is -0.281 e. The number of aromatic amines is 1. The lowest BCUT2D eigenvalue weighted by molar-refractivity contribution is -0.141. The number of alkyl halides is 3. The third-order valence-electron chi connectivity index (χ3n) is 2.51. The van der Waals surface area contributed by atoms with Gasteiger partial charge in [0, 0.05) is 5.92 Å². The van der Waals surface area contributed by atoms with Gasteiger partial charge in [0.2, 0.25) is 0 Å². The van der Waals surface area contributed by atoms with Crippen LogP contribution in [0.4, 0.5) is 13.2 Å². The van der Waals surface area contributed by atoms with Gasteiger partial charge >= 0.3 is 6.18 Å². The van der Waals surface area contributed by atoms with E-state index in [9.17, 15) is 13.2 Å². The van der Waals surface area contributed by atoms with E-state index >= 15 is 0 Å². The molecule has 1 aliphatic carbocycles. The van der Waals surface area contributed by atoms with Gasteiger partial charge in [-0.25, -0.2) is 0 Å². The van der Waals surface area contributed by atoms with Crippen LogP contribution in [0.15, 0.2) is 4.47 Å². The number of hydrogen-bond acceptors (Lipinski definition) is 1. The molecule has 0 spiro atoms. The highest BCUT2D eigenvalue weighted by atomic mass is 79.9. The predicted molar refractivity (Wildman–Crippen MR) is 47.9 cm³/mol. The normalized spacial score (nSPS) is 18.3. The van der Waals surface area contributed by atoms with E-state index in [1.165, 1.54) is 0 Å². The lowest BCUT2D eigenvalue weighted by Crippen LogP contribution is -2.10. The molecule has 1 aliphatic rings. The zero-order chi connectivity index (χ0) is 10.3. The molecule has 0 bridgehead atoms. The van der Waals surface area contributed by atoms with E-state index in [1.54, 1.807) is 0 Å². The summed E-state index contributed by atoms with van der Waals surface area (Å²) in [5.74, 6) is 0.216. The molecule has 78 valence electrons. The summed E-state index contributed by atoms with van der Waals surface area (Å²) in [5, 5.41) is 5.76. The monoisotopic (exact) mass is 268 g/mol. The molecular formula is C8H8BrF3N2. The van der Waals surface area contributed by atoms with Crippen molar-refractivity contribution in [3.8, 4) is 0 Å². The quantitative estimate of drug-likeness (QED) is 0.830. The van der Waals surface area contributed by atoms with Gasteiger partial charge in [-0.3, -0.25) is 5.10 Å². The Morgan fingerprint density at radius 1 is 1.36 bits per heavy atom. The second-order valence-electron chi connectivity index (χ2n) is 3.43. The van der Waals surface area contributed by atoms with Crippen molar-refractivity contribution in [3.05, 3.63) is 15.9 Å². The average molecular weight is 269 g/mol. The van der Waals surface area contributed by atoms with Crippen molar-refractivity contribution in [2.24, 2.45) is 0 Å². The van der Waals surface area contributed by atoms with Crippen LogP contribution in [0.5, 0.6) is 0 Å². The number of halogens is 4. The maximum atomic E-state index is 12.3. The van der Waals surface area contributed by atoms with E-state index < -0.39 is 11.9 Å². The first-order valence-corrected chi connectivity index (χ1v) is 5.10. The highest BCUT2D eigenvalue weighted by Gasteiger charge is 2.39. The molecule has 1 heterocycles. The van der Waals surface area contributed by atoms with Crippen LogP contribution in [-0.4, -0.2) is 10.2 Å². The van der Waals surface area contributed by atoms with Crippen LogP contribution in [0.25, 0.3) is 0 Å². The van der Waals surface area contributed by atoms with Crippen LogP contribution in [0.3, 0.4) is 0 Å². The van der Waals surface area contributed by atoms with E-state index in [0.29, 0.717) is 5.69 Å². The molecular weight excluding hydrogens is 261 g/mol. The smallest absolute Gasteiger partial charge is 0.281 e. The predicted octanol–water partition coefficient (Wildman–Crippen LogP) is 3.46. The highest BCUT2D eigenvalue weighted by Crippen LogP contribution is 2.42. The van der Waals surface area contributed by atoms with Crippen molar-refractivity contribution in [1.29, 1.82) is 0 Å². The molecule has 1 fully saturated rings. The van der Waals surface area contributed by atoms with Crippen molar-refractivity contribution in [2.45, 2.75) is 31.4 Å². The van der Waals surface area contributed by atoms with Gasteiger partial charge in [-0.1, -0.05) is 6.42 Å². The van der Waals surface area contributed by atoms with Crippen LogP contribution >= 0.6 is 15.9 Å². The standard InChI is InChI=1S/C8H8BrF3N2/c9-5-6(4-2-1-3-4)13-14-7(5)8(10,11)12/h4H,1-3H2,(H,13,14). The molecule has 0 amide bonds. The lowest BCUT2D eigenvalue weighted by atomic mass is 9.83. The molecule has 6 heteroatoms. The number of nitrogens with one attached hydrogen (secondary N) is 1. The van der Waals surface area contributed by atoms with E-state index in [-0.39, 0.29) is 10.4 Å². The van der Waals surface area contributed by atoms with Gasteiger partial charge in [-0.05, 0) is 28.8 Å². The second-order valence-corrected chi connectivity index (χ2v) is 4.22. The Kier molecular flexibility index (Phi) is 2.33. The number of rotatable bonds is 1. The van der Waals surface area contributed by atoms with Gasteiger partial charge < -0.3 is 0 Å². The minimum atomic E-state index is -4.38. The number of hydrogen-bond donors (Lipinski definition) is 1. The molecule has 0 aliphatic heterocycles. The third-order valence-corrected chi connectivity index (χ3v) is 3.32. The molecule has 14 heavy (non-hydrogen) atoms. The largest absolute Gasteiger partial charge is 0.436 e. The Bertz CT molecular complexity index is 341. The molecule has 0 saturated heterocycles. The summed E-state index contributed by atoms with van der Waals surface area (Å²) >= 11 is 2.95. The molecule has 1 aromatic heterocycles. The van der Waals surface area contributed by atoms with Crippen LogP contribution in [0.2, 0.25) is 0 Å². The van der Waals surface area contributed by atoms with Crippen molar-refractivity contribution >= 4 is 15.9 Å². The number of aromatic nitrogens is 2. The van der Waals surface area contributed by atoms with E-state index in [4.69, 9.17) is 0 Å². The van der Waals surface area contributed by atoms with Crippen LogP contribution in [0, 0.1) is 0 Å². The highest BCUT2D eigenvalue weighted by molar-refractivity contribution is 9.10. The number of H-pyrrole nitrogens is 1. The molecule has 1 saturated carbocycles. The summed E-state index contributed by atoms with van der Waals surface area (Å²) in [6.45, 7) is 0. The van der Waals surface area contributed by atoms with Gasteiger partial charge in [0.25, 0.3) is 0 Å². The maximum Gasteiger partial charge on any atom is 0.436 e. The molecule has 0 radical (unpaired) electrons. The van der Waals surface area contributed by atoms with Gasteiger partial charge in [-0.15, -0.1) is 0 Å². The van der Waals surface area contributed by atoms with Crippen molar-refractivity contribution in [2.75, 3.05) is 0 Å². The Morgan fingerprint density at radius 2 is 2.00 bits per heavy atom. The molecule has 0 aromatic carbocycles. The first-order chi connectivity index (χ1) is 6.50. The van der Waals surface area contributed by atoms with Gasteiger partial charge in [-0.2, -0.15) is 18.3 Å². The topological polar surface area (TPSA) is 28.7 Å². The van der Waals surface area contributed by atoms with Crippen LogP contribution in [0.1, 0.15) is 36.6 Å². The molecule has 0 atom stereocenters. The minimum absolute atomic E-state index is 0.0784. The zero-order valence-electron chi connectivity index (χ0n) is 7.16. The fourth-order valence-corrected chi connectivity index (χ4v) is 2.22. The van der Waals surface area contributed by atoms with Crippen molar-refractivity contribution in [3.63, 3.8) is 0 Å². The number of nitrogens with zero attached hydrogens (tertiary/aromatic N) is 1. The Balaban J connectivity index is 2.32. The maximum absolute atomic E-state index is 12.3. The fraction of sp³-hybridized carbons (Fsp3) is 0.625. The average Bonchev–Trinajstić information content (AvgIpc) is 2.28. The van der Waals surface area contributed by atoms with Gasteiger partial charge in [0.05, 0.1) is 10.2 Å². The Hall–Kier alpha value is -0.520. The van der Waals surface area contributed by atoms with Crippen LogP contribution < -0.4 is 0 Å². The summed E-state index contributed by atoms with van der Waals surface area (Å²) in [7, 11) is 0. The Labute approximate surface area is 87.0 Å². The first-order valence-electron chi connectivity index (χ1n) is 4.31. The van der Waals surface area contributed by atoms with E-state index in [0.717, 1.165) is 19.3 Å². The molecule has 0 unspecified atom stereocenters.